The lowest BCUT2D eigenvalue weighted by molar-refractivity contribution is -0.131. The first kappa shape index (κ1) is 19.7. The summed E-state index contributed by atoms with van der Waals surface area (Å²) in [7, 11) is 0. The first-order valence-corrected chi connectivity index (χ1v) is 8.61. The van der Waals surface area contributed by atoms with Crippen molar-refractivity contribution in [2.75, 3.05) is 13.1 Å². The summed E-state index contributed by atoms with van der Waals surface area (Å²) in [6.07, 6.45) is 1.53. The highest BCUT2D eigenvalue weighted by Crippen LogP contribution is 2.25. The number of benzene rings is 1. The maximum atomic E-state index is 12.5. The van der Waals surface area contributed by atoms with Gasteiger partial charge in [-0.05, 0) is 39.2 Å². The SMILES string of the molecule is CCC(CC)(CN)C(=O)NCC(C)(C)NC(C)c1ccccc1. The van der Waals surface area contributed by atoms with Crippen LogP contribution in [0.25, 0.3) is 0 Å². The Morgan fingerprint density at radius 1 is 1.17 bits per heavy atom. The van der Waals surface area contributed by atoms with E-state index in [-0.39, 0.29) is 17.5 Å². The van der Waals surface area contributed by atoms with Crippen LogP contribution in [-0.2, 0) is 4.79 Å². The molecule has 130 valence electrons. The van der Waals surface area contributed by atoms with Gasteiger partial charge in [-0.2, -0.15) is 0 Å². The van der Waals surface area contributed by atoms with Crippen molar-refractivity contribution in [3.63, 3.8) is 0 Å². The van der Waals surface area contributed by atoms with Gasteiger partial charge < -0.3 is 16.4 Å². The highest BCUT2D eigenvalue weighted by molar-refractivity contribution is 5.82. The Morgan fingerprint density at radius 3 is 2.22 bits per heavy atom. The van der Waals surface area contributed by atoms with Crippen LogP contribution in [-0.4, -0.2) is 24.5 Å². The normalized spacial score (nSPS) is 13.7. The largest absolute Gasteiger partial charge is 0.354 e. The quantitative estimate of drug-likeness (QED) is 0.655. The third-order valence-electron chi connectivity index (χ3n) is 4.82. The number of nitrogens with two attached hydrogens (primary N) is 1. The third kappa shape index (κ3) is 5.33. The summed E-state index contributed by atoms with van der Waals surface area (Å²) in [6.45, 7) is 11.4. The summed E-state index contributed by atoms with van der Waals surface area (Å²) >= 11 is 0. The molecule has 1 atom stereocenters. The molecule has 0 saturated heterocycles. The van der Waals surface area contributed by atoms with E-state index < -0.39 is 5.41 Å². The topological polar surface area (TPSA) is 67.2 Å². The van der Waals surface area contributed by atoms with E-state index in [0.29, 0.717) is 13.1 Å². The van der Waals surface area contributed by atoms with E-state index >= 15 is 0 Å². The molecule has 0 aromatic heterocycles. The second kappa shape index (κ2) is 8.46. The summed E-state index contributed by atoms with van der Waals surface area (Å²) in [5.74, 6) is 0.0623. The Kier molecular flexibility index (Phi) is 7.23. The van der Waals surface area contributed by atoms with Gasteiger partial charge in [0.2, 0.25) is 5.91 Å². The van der Waals surface area contributed by atoms with Crippen LogP contribution in [0.15, 0.2) is 30.3 Å². The number of rotatable bonds is 9. The number of hydrogen-bond donors (Lipinski definition) is 3. The molecule has 23 heavy (non-hydrogen) atoms. The second-order valence-corrected chi connectivity index (χ2v) is 7.03. The van der Waals surface area contributed by atoms with E-state index in [1.54, 1.807) is 0 Å². The van der Waals surface area contributed by atoms with Gasteiger partial charge >= 0.3 is 0 Å². The molecule has 0 spiro atoms. The van der Waals surface area contributed by atoms with E-state index in [4.69, 9.17) is 5.73 Å². The molecular formula is C19H33N3O. The Hall–Kier alpha value is -1.39. The van der Waals surface area contributed by atoms with E-state index in [2.05, 4.69) is 43.5 Å². The van der Waals surface area contributed by atoms with Crippen molar-refractivity contribution in [1.29, 1.82) is 0 Å². The minimum atomic E-state index is -0.443. The lowest BCUT2D eigenvalue weighted by Gasteiger charge is -2.34. The summed E-state index contributed by atoms with van der Waals surface area (Å²) in [5.41, 5.74) is 6.45. The van der Waals surface area contributed by atoms with Gasteiger partial charge in [-0.15, -0.1) is 0 Å². The molecule has 1 aromatic rings. The number of carbonyl (C=O) groups is 1. The van der Waals surface area contributed by atoms with Gasteiger partial charge in [-0.3, -0.25) is 4.79 Å². The molecule has 0 fully saturated rings. The van der Waals surface area contributed by atoms with Gasteiger partial charge in [-0.25, -0.2) is 0 Å². The van der Waals surface area contributed by atoms with E-state index in [1.165, 1.54) is 5.56 Å². The van der Waals surface area contributed by atoms with Crippen molar-refractivity contribution in [3.05, 3.63) is 35.9 Å². The zero-order valence-corrected chi connectivity index (χ0v) is 15.3. The molecule has 0 heterocycles. The Morgan fingerprint density at radius 2 is 1.74 bits per heavy atom. The first-order chi connectivity index (χ1) is 10.8. The lowest BCUT2D eigenvalue weighted by Crippen LogP contribution is -2.53. The fourth-order valence-corrected chi connectivity index (χ4v) is 2.90. The van der Waals surface area contributed by atoms with Crippen molar-refractivity contribution < 1.29 is 4.79 Å². The summed E-state index contributed by atoms with van der Waals surface area (Å²) in [4.78, 5) is 12.5. The molecular weight excluding hydrogens is 286 g/mol. The predicted octanol–water partition coefficient (Wildman–Crippen LogP) is 3.00. The van der Waals surface area contributed by atoms with Crippen LogP contribution < -0.4 is 16.4 Å². The number of hydrogen-bond acceptors (Lipinski definition) is 3. The maximum absolute atomic E-state index is 12.5. The van der Waals surface area contributed by atoms with Gasteiger partial charge in [0.25, 0.3) is 0 Å². The molecule has 0 aliphatic heterocycles. The highest BCUT2D eigenvalue weighted by atomic mass is 16.2. The number of nitrogens with one attached hydrogen (secondary N) is 2. The molecule has 1 unspecified atom stereocenters. The van der Waals surface area contributed by atoms with Crippen LogP contribution in [0.4, 0.5) is 0 Å². The second-order valence-electron chi connectivity index (χ2n) is 7.03. The number of carbonyl (C=O) groups excluding carboxylic acids is 1. The zero-order chi connectivity index (χ0) is 17.5. The molecule has 0 aliphatic rings. The fraction of sp³-hybridized carbons (Fsp3) is 0.632. The van der Waals surface area contributed by atoms with Crippen molar-refractivity contribution >= 4 is 5.91 Å². The highest BCUT2D eigenvalue weighted by Gasteiger charge is 2.34. The first-order valence-electron chi connectivity index (χ1n) is 8.61. The van der Waals surface area contributed by atoms with Crippen LogP contribution in [0.2, 0.25) is 0 Å². The molecule has 0 radical (unpaired) electrons. The lowest BCUT2D eigenvalue weighted by atomic mass is 9.81. The van der Waals surface area contributed by atoms with Crippen molar-refractivity contribution in [1.82, 2.24) is 10.6 Å². The van der Waals surface area contributed by atoms with Crippen molar-refractivity contribution in [2.24, 2.45) is 11.1 Å². The maximum Gasteiger partial charge on any atom is 0.227 e. The van der Waals surface area contributed by atoms with Crippen molar-refractivity contribution in [3.8, 4) is 0 Å². The standard InChI is InChI=1S/C19H33N3O/c1-6-19(7-2,13-20)17(23)21-14-18(4,5)22-15(3)16-11-9-8-10-12-16/h8-12,15,22H,6-7,13-14,20H2,1-5H3,(H,21,23). The average molecular weight is 319 g/mol. The van der Waals surface area contributed by atoms with Crippen molar-refractivity contribution in [2.45, 2.75) is 59.0 Å². The van der Waals surface area contributed by atoms with Gasteiger partial charge in [-0.1, -0.05) is 44.2 Å². The zero-order valence-electron chi connectivity index (χ0n) is 15.3. The predicted molar refractivity (Wildman–Crippen MR) is 97.2 cm³/mol. The minimum Gasteiger partial charge on any atom is -0.354 e. The number of amides is 1. The molecule has 4 nitrogen and oxygen atoms in total. The van der Waals surface area contributed by atoms with E-state index in [1.807, 2.05) is 32.0 Å². The molecule has 1 amide bonds. The fourth-order valence-electron chi connectivity index (χ4n) is 2.90. The molecule has 0 saturated carbocycles. The molecule has 4 heteroatoms. The summed E-state index contributed by atoms with van der Waals surface area (Å²) in [6, 6.07) is 10.5. The third-order valence-corrected chi connectivity index (χ3v) is 4.82. The Balaban J connectivity index is 2.63. The summed E-state index contributed by atoms with van der Waals surface area (Å²) in [5, 5.41) is 6.68. The van der Waals surface area contributed by atoms with Gasteiger partial charge in [0.05, 0.1) is 5.41 Å². The summed E-state index contributed by atoms with van der Waals surface area (Å²) < 4.78 is 0. The van der Waals surface area contributed by atoms with Crippen LogP contribution in [0, 0.1) is 5.41 Å². The van der Waals surface area contributed by atoms with E-state index in [0.717, 1.165) is 12.8 Å². The molecule has 0 aliphatic carbocycles. The van der Waals surface area contributed by atoms with Gasteiger partial charge in [0.1, 0.15) is 0 Å². The van der Waals surface area contributed by atoms with Crippen LogP contribution >= 0.6 is 0 Å². The molecule has 0 bridgehead atoms. The molecule has 1 aromatic carbocycles. The average Bonchev–Trinajstić information content (AvgIpc) is 2.55. The van der Waals surface area contributed by atoms with Crippen LogP contribution in [0.1, 0.15) is 59.1 Å². The van der Waals surface area contributed by atoms with E-state index in [9.17, 15) is 4.79 Å². The Bertz CT molecular complexity index is 472. The van der Waals surface area contributed by atoms with Crippen LogP contribution in [0.3, 0.4) is 0 Å². The smallest absolute Gasteiger partial charge is 0.227 e. The van der Waals surface area contributed by atoms with Gasteiger partial charge in [0.15, 0.2) is 0 Å². The monoisotopic (exact) mass is 319 g/mol. The van der Waals surface area contributed by atoms with Crippen LogP contribution in [0.5, 0.6) is 0 Å². The van der Waals surface area contributed by atoms with Gasteiger partial charge in [0, 0.05) is 24.7 Å². The Labute approximate surface area is 141 Å². The molecule has 1 rings (SSSR count). The minimum absolute atomic E-state index is 0.0623. The molecule has 4 N–H and O–H groups in total.